The summed E-state index contributed by atoms with van der Waals surface area (Å²) < 4.78 is 39.5. The molecule has 0 spiro atoms. The smallest absolute Gasteiger partial charge is 0.207 e. The molecule has 0 bridgehead atoms. The van der Waals surface area contributed by atoms with Crippen LogP contribution in [0.1, 0.15) is 25.7 Å². The van der Waals surface area contributed by atoms with E-state index in [2.05, 4.69) is 4.72 Å². The van der Waals surface area contributed by atoms with Crippen LogP contribution in [0.3, 0.4) is 0 Å². The van der Waals surface area contributed by atoms with E-state index in [9.17, 15) is 12.8 Å². The number of hydrogen-bond donors (Lipinski definition) is 1. The minimum absolute atomic E-state index is 0.0679. The zero-order valence-corrected chi connectivity index (χ0v) is 11.3. The van der Waals surface area contributed by atoms with Crippen molar-refractivity contribution in [3.63, 3.8) is 0 Å². The second-order valence-corrected chi connectivity index (χ2v) is 6.76. The van der Waals surface area contributed by atoms with E-state index in [0.717, 1.165) is 37.8 Å². The zero-order valence-electron chi connectivity index (χ0n) is 9.77. The fourth-order valence-corrected chi connectivity index (χ4v) is 3.83. The molecule has 0 aromatic heterocycles. The van der Waals surface area contributed by atoms with Crippen LogP contribution in [-0.4, -0.2) is 19.8 Å². The summed E-state index contributed by atoms with van der Waals surface area (Å²) >= 11 is 6.11. The minimum atomic E-state index is -3.61. The second kappa shape index (κ2) is 5.55. The van der Waals surface area contributed by atoms with Crippen LogP contribution in [0.4, 0.5) is 4.39 Å². The summed E-state index contributed by atoms with van der Waals surface area (Å²) in [5, 5.41) is -0.172. The van der Waals surface area contributed by atoms with Gasteiger partial charge in [-0.15, -0.1) is 11.6 Å². The topological polar surface area (TPSA) is 46.2 Å². The Labute approximate surface area is 111 Å². The highest BCUT2D eigenvalue weighted by atomic mass is 35.5. The minimum Gasteiger partial charge on any atom is -0.207 e. The standard InChI is InChI=1S/C12H15ClFNO2S/c13-11-3-1-2-4-12(11)15-18(16,17)10-7-5-9(14)6-8-10/h5-8,11-12,15H,1-4H2. The maximum Gasteiger partial charge on any atom is 0.240 e. The highest BCUT2D eigenvalue weighted by Gasteiger charge is 2.28. The number of alkyl halides is 1. The van der Waals surface area contributed by atoms with Gasteiger partial charge in [-0.05, 0) is 37.1 Å². The molecule has 2 atom stereocenters. The molecule has 1 aromatic carbocycles. The van der Waals surface area contributed by atoms with Gasteiger partial charge in [0.15, 0.2) is 0 Å². The maximum atomic E-state index is 12.8. The summed E-state index contributed by atoms with van der Waals surface area (Å²) in [5.41, 5.74) is 0. The SMILES string of the molecule is O=S(=O)(NC1CCCCC1Cl)c1ccc(F)cc1. The molecule has 1 aliphatic rings. The van der Waals surface area contributed by atoms with Crippen LogP contribution in [0.5, 0.6) is 0 Å². The van der Waals surface area contributed by atoms with Gasteiger partial charge >= 0.3 is 0 Å². The van der Waals surface area contributed by atoms with Crippen LogP contribution in [0.15, 0.2) is 29.2 Å². The van der Waals surface area contributed by atoms with Gasteiger partial charge in [-0.25, -0.2) is 17.5 Å². The van der Waals surface area contributed by atoms with Gasteiger partial charge in [-0.3, -0.25) is 0 Å². The average Bonchev–Trinajstić information content (AvgIpc) is 2.32. The normalized spacial score (nSPS) is 25.0. The van der Waals surface area contributed by atoms with Crippen molar-refractivity contribution in [1.82, 2.24) is 4.72 Å². The van der Waals surface area contributed by atoms with E-state index in [1.807, 2.05) is 0 Å². The Morgan fingerprint density at radius 2 is 1.78 bits per heavy atom. The van der Waals surface area contributed by atoms with Crippen molar-refractivity contribution in [3.8, 4) is 0 Å². The van der Waals surface area contributed by atoms with Crippen LogP contribution < -0.4 is 4.72 Å². The van der Waals surface area contributed by atoms with E-state index in [0.29, 0.717) is 0 Å². The van der Waals surface area contributed by atoms with Gasteiger partial charge in [0.25, 0.3) is 0 Å². The van der Waals surface area contributed by atoms with Gasteiger partial charge in [0.1, 0.15) is 5.82 Å². The lowest BCUT2D eigenvalue weighted by Gasteiger charge is -2.27. The number of hydrogen-bond acceptors (Lipinski definition) is 2. The number of halogens is 2. The summed E-state index contributed by atoms with van der Waals surface area (Å²) in [6, 6.07) is 4.53. The Bertz CT molecular complexity index is 503. The molecular weight excluding hydrogens is 277 g/mol. The summed E-state index contributed by atoms with van der Waals surface area (Å²) in [6.45, 7) is 0. The lowest BCUT2D eigenvalue weighted by molar-refractivity contribution is 0.418. The molecule has 1 aromatic rings. The predicted molar refractivity (Wildman–Crippen MR) is 68.6 cm³/mol. The molecule has 1 saturated carbocycles. The largest absolute Gasteiger partial charge is 0.240 e. The first-order valence-electron chi connectivity index (χ1n) is 5.91. The highest BCUT2D eigenvalue weighted by Crippen LogP contribution is 2.24. The quantitative estimate of drug-likeness (QED) is 0.870. The third-order valence-electron chi connectivity index (χ3n) is 3.11. The van der Waals surface area contributed by atoms with Gasteiger partial charge in [0.05, 0.1) is 4.90 Å². The van der Waals surface area contributed by atoms with E-state index in [1.54, 1.807) is 0 Å². The van der Waals surface area contributed by atoms with E-state index >= 15 is 0 Å². The Kier molecular flexibility index (Phi) is 4.25. The van der Waals surface area contributed by atoms with E-state index < -0.39 is 15.8 Å². The summed E-state index contributed by atoms with van der Waals surface area (Å²) in [7, 11) is -3.61. The van der Waals surface area contributed by atoms with E-state index in [1.165, 1.54) is 12.1 Å². The van der Waals surface area contributed by atoms with Crippen LogP contribution in [-0.2, 0) is 10.0 Å². The first kappa shape index (κ1) is 13.8. The van der Waals surface area contributed by atoms with Gasteiger partial charge in [0.2, 0.25) is 10.0 Å². The number of sulfonamides is 1. The molecule has 6 heteroatoms. The van der Waals surface area contributed by atoms with Gasteiger partial charge in [0, 0.05) is 11.4 Å². The predicted octanol–water partition coefficient (Wildman–Crippen LogP) is 2.65. The molecule has 0 saturated heterocycles. The van der Waals surface area contributed by atoms with E-state index in [4.69, 9.17) is 11.6 Å². The fraction of sp³-hybridized carbons (Fsp3) is 0.500. The third kappa shape index (κ3) is 3.22. The molecule has 2 rings (SSSR count). The molecular formula is C12H15ClFNO2S. The molecule has 18 heavy (non-hydrogen) atoms. The molecule has 0 radical (unpaired) electrons. The Hall–Kier alpha value is -0.650. The first-order chi connectivity index (χ1) is 8.49. The first-order valence-corrected chi connectivity index (χ1v) is 7.83. The molecule has 3 nitrogen and oxygen atoms in total. The molecule has 100 valence electrons. The van der Waals surface area contributed by atoms with Crippen molar-refractivity contribution in [2.75, 3.05) is 0 Å². The maximum absolute atomic E-state index is 12.8. The molecule has 2 unspecified atom stereocenters. The van der Waals surface area contributed by atoms with Gasteiger partial charge < -0.3 is 0 Å². The number of rotatable bonds is 3. The van der Waals surface area contributed by atoms with Crippen LogP contribution >= 0.6 is 11.6 Å². The number of benzene rings is 1. The molecule has 0 amide bonds. The van der Waals surface area contributed by atoms with Crippen LogP contribution in [0.2, 0.25) is 0 Å². The second-order valence-electron chi connectivity index (χ2n) is 4.48. The van der Waals surface area contributed by atoms with Crippen molar-refractivity contribution >= 4 is 21.6 Å². The van der Waals surface area contributed by atoms with Crippen LogP contribution in [0, 0.1) is 5.82 Å². The van der Waals surface area contributed by atoms with Gasteiger partial charge in [-0.2, -0.15) is 0 Å². The monoisotopic (exact) mass is 291 g/mol. The van der Waals surface area contributed by atoms with Crippen molar-refractivity contribution in [2.45, 2.75) is 42.0 Å². The Morgan fingerprint density at radius 1 is 1.17 bits per heavy atom. The molecule has 1 fully saturated rings. The fourth-order valence-electron chi connectivity index (χ4n) is 2.10. The summed E-state index contributed by atoms with van der Waals surface area (Å²) in [4.78, 5) is 0.0679. The number of nitrogens with one attached hydrogen (secondary N) is 1. The zero-order chi connectivity index (χ0) is 13.2. The lowest BCUT2D eigenvalue weighted by Crippen LogP contribution is -2.42. The summed E-state index contributed by atoms with van der Waals surface area (Å²) in [5.74, 6) is -0.457. The van der Waals surface area contributed by atoms with Crippen molar-refractivity contribution < 1.29 is 12.8 Å². The molecule has 1 N–H and O–H groups in total. The van der Waals surface area contributed by atoms with Crippen molar-refractivity contribution in [1.29, 1.82) is 0 Å². The van der Waals surface area contributed by atoms with Crippen molar-refractivity contribution in [3.05, 3.63) is 30.1 Å². The molecule has 0 aliphatic heterocycles. The lowest BCUT2D eigenvalue weighted by atomic mass is 9.96. The molecule has 0 heterocycles. The van der Waals surface area contributed by atoms with Crippen LogP contribution in [0.25, 0.3) is 0 Å². The molecule has 1 aliphatic carbocycles. The summed E-state index contributed by atoms with van der Waals surface area (Å²) in [6.07, 6.45) is 3.56. The third-order valence-corrected chi connectivity index (χ3v) is 5.14. The van der Waals surface area contributed by atoms with Gasteiger partial charge in [-0.1, -0.05) is 12.8 Å². The Balaban J connectivity index is 2.13. The van der Waals surface area contributed by atoms with Crippen molar-refractivity contribution in [2.24, 2.45) is 0 Å². The Morgan fingerprint density at radius 3 is 2.39 bits per heavy atom. The highest BCUT2D eigenvalue weighted by molar-refractivity contribution is 7.89. The average molecular weight is 292 g/mol. The van der Waals surface area contributed by atoms with E-state index in [-0.39, 0.29) is 16.3 Å².